The van der Waals surface area contributed by atoms with Crippen molar-refractivity contribution >= 4 is 11.5 Å². The third kappa shape index (κ3) is 3.85. The molecule has 1 saturated heterocycles. The molecule has 0 aromatic heterocycles. The maximum Gasteiger partial charge on any atom is 0.187 e. The van der Waals surface area contributed by atoms with Gasteiger partial charge in [0.25, 0.3) is 0 Å². The van der Waals surface area contributed by atoms with Crippen LogP contribution >= 0.6 is 0 Å². The van der Waals surface area contributed by atoms with Crippen LogP contribution in [-0.2, 0) is 4.74 Å². The summed E-state index contributed by atoms with van der Waals surface area (Å²) >= 11 is 0. The molecule has 0 unspecified atom stereocenters. The zero-order valence-electron chi connectivity index (χ0n) is 12.7. The van der Waals surface area contributed by atoms with Crippen LogP contribution in [0.15, 0.2) is 60.7 Å². The lowest BCUT2D eigenvalue weighted by Gasteiger charge is -2.31. The number of hydrogen-bond donors (Lipinski definition) is 0. The number of nitrogens with zero attached hydrogens (tertiary/aromatic N) is 1. The van der Waals surface area contributed by atoms with Gasteiger partial charge in [0.15, 0.2) is 5.78 Å². The van der Waals surface area contributed by atoms with Gasteiger partial charge in [0.2, 0.25) is 0 Å². The number of hydrogen-bond acceptors (Lipinski definition) is 3. The van der Waals surface area contributed by atoms with Gasteiger partial charge in [0, 0.05) is 30.4 Å². The molecule has 0 aliphatic carbocycles. The van der Waals surface area contributed by atoms with Crippen molar-refractivity contribution in [2.24, 2.45) is 0 Å². The highest BCUT2D eigenvalue weighted by atomic mass is 19.1. The molecule has 1 fully saturated rings. The number of allylic oxidation sites excluding steroid dienone is 1. The van der Waals surface area contributed by atoms with E-state index in [0.717, 1.165) is 24.4 Å². The minimum atomic E-state index is -0.345. The predicted octanol–water partition coefficient (Wildman–Crippen LogP) is 3.38. The van der Waals surface area contributed by atoms with Gasteiger partial charge in [-0.2, -0.15) is 0 Å². The van der Waals surface area contributed by atoms with E-state index in [0.29, 0.717) is 18.8 Å². The van der Waals surface area contributed by atoms with Gasteiger partial charge in [0.05, 0.1) is 13.2 Å². The summed E-state index contributed by atoms with van der Waals surface area (Å²) in [5.41, 5.74) is 2.35. The molecule has 3 nitrogen and oxygen atoms in total. The summed E-state index contributed by atoms with van der Waals surface area (Å²) in [6.07, 6.45) is 1.63. The van der Waals surface area contributed by atoms with Crippen LogP contribution in [0.25, 0.3) is 5.70 Å². The summed E-state index contributed by atoms with van der Waals surface area (Å²) in [4.78, 5) is 14.7. The minimum Gasteiger partial charge on any atom is -0.378 e. The molecular formula is C19H18FNO2. The monoisotopic (exact) mass is 311 g/mol. The lowest BCUT2D eigenvalue weighted by atomic mass is 10.1. The van der Waals surface area contributed by atoms with E-state index in [-0.39, 0.29) is 11.6 Å². The molecule has 23 heavy (non-hydrogen) atoms. The van der Waals surface area contributed by atoms with Crippen LogP contribution < -0.4 is 0 Å². The van der Waals surface area contributed by atoms with Gasteiger partial charge >= 0.3 is 0 Å². The number of halogens is 1. The maximum absolute atomic E-state index is 13.0. The number of rotatable bonds is 4. The Labute approximate surface area is 135 Å². The molecule has 3 rings (SSSR count). The van der Waals surface area contributed by atoms with E-state index >= 15 is 0 Å². The molecule has 1 aliphatic heterocycles. The molecule has 0 N–H and O–H groups in total. The van der Waals surface area contributed by atoms with Gasteiger partial charge in [-0.15, -0.1) is 0 Å². The third-order valence-corrected chi connectivity index (χ3v) is 3.82. The highest BCUT2D eigenvalue weighted by Crippen LogP contribution is 2.21. The molecule has 0 spiro atoms. The van der Waals surface area contributed by atoms with E-state index in [4.69, 9.17) is 4.74 Å². The van der Waals surface area contributed by atoms with Crippen LogP contribution in [0.2, 0.25) is 0 Å². The highest BCUT2D eigenvalue weighted by molar-refractivity contribution is 6.08. The maximum atomic E-state index is 13.0. The fourth-order valence-corrected chi connectivity index (χ4v) is 2.59. The third-order valence-electron chi connectivity index (χ3n) is 3.82. The van der Waals surface area contributed by atoms with Crippen LogP contribution in [0.1, 0.15) is 15.9 Å². The Morgan fingerprint density at radius 1 is 0.957 bits per heavy atom. The van der Waals surface area contributed by atoms with Crippen molar-refractivity contribution < 1.29 is 13.9 Å². The van der Waals surface area contributed by atoms with Crippen LogP contribution in [-0.4, -0.2) is 37.0 Å². The van der Waals surface area contributed by atoms with Crippen LogP contribution in [0.5, 0.6) is 0 Å². The summed E-state index contributed by atoms with van der Waals surface area (Å²) < 4.78 is 18.4. The van der Waals surface area contributed by atoms with Crippen LogP contribution in [0.3, 0.4) is 0 Å². The Hall–Kier alpha value is -2.46. The molecule has 1 heterocycles. The van der Waals surface area contributed by atoms with E-state index < -0.39 is 0 Å². The van der Waals surface area contributed by atoms with E-state index in [1.54, 1.807) is 6.08 Å². The Morgan fingerprint density at radius 3 is 2.26 bits per heavy atom. The zero-order valence-corrected chi connectivity index (χ0v) is 12.7. The summed E-state index contributed by atoms with van der Waals surface area (Å²) in [6, 6.07) is 15.4. The van der Waals surface area contributed by atoms with Crippen molar-refractivity contribution in [3.05, 3.63) is 77.6 Å². The quantitative estimate of drug-likeness (QED) is 0.640. The van der Waals surface area contributed by atoms with Gasteiger partial charge in [-0.1, -0.05) is 30.3 Å². The van der Waals surface area contributed by atoms with E-state index in [1.165, 1.54) is 24.3 Å². The predicted molar refractivity (Wildman–Crippen MR) is 87.5 cm³/mol. The number of benzene rings is 2. The van der Waals surface area contributed by atoms with Gasteiger partial charge in [0.1, 0.15) is 5.82 Å². The SMILES string of the molecule is O=C(C=C(c1ccccc1)N1CCOCC1)c1ccc(F)cc1. The number of ketones is 1. The van der Waals surface area contributed by atoms with E-state index in [1.807, 2.05) is 30.3 Å². The van der Waals surface area contributed by atoms with Crippen molar-refractivity contribution in [1.29, 1.82) is 0 Å². The molecule has 2 aromatic rings. The fraction of sp³-hybridized carbons (Fsp3) is 0.211. The fourth-order valence-electron chi connectivity index (χ4n) is 2.59. The molecule has 118 valence electrons. The first kappa shape index (κ1) is 15.4. The van der Waals surface area contributed by atoms with Crippen molar-refractivity contribution in [3.63, 3.8) is 0 Å². The average Bonchev–Trinajstić information content (AvgIpc) is 2.61. The number of morpholine rings is 1. The van der Waals surface area contributed by atoms with Crippen molar-refractivity contribution in [1.82, 2.24) is 4.90 Å². The first-order valence-electron chi connectivity index (χ1n) is 7.64. The molecule has 0 bridgehead atoms. The molecule has 0 atom stereocenters. The Bertz CT molecular complexity index is 689. The standard InChI is InChI=1S/C19H18FNO2/c20-17-8-6-16(7-9-17)19(22)14-18(15-4-2-1-3-5-15)21-10-12-23-13-11-21/h1-9,14H,10-13H2. The Kier molecular flexibility index (Phi) is 4.83. The summed E-state index contributed by atoms with van der Waals surface area (Å²) in [7, 11) is 0. The summed E-state index contributed by atoms with van der Waals surface area (Å²) in [6.45, 7) is 2.79. The molecule has 0 saturated carbocycles. The second-order valence-electron chi connectivity index (χ2n) is 5.37. The van der Waals surface area contributed by atoms with E-state index in [9.17, 15) is 9.18 Å². The molecule has 1 aliphatic rings. The number of carbonyl (C=O) groups excluding carboxylic acids is 1. The van der Waals surface area contributed by atoms with Crippen molar-refractivity contribution in [2.45, 2.75) is 0 Å². The van der Waals surface area contributed by atoms with Crippen molar-refractivity contribution in [2.75, 3.05) is 26.3 Å². The van der Waals surface area contributed by atoms with Gasteiger partial charge in [-0.05, 0) is 29.8 Å². The Balaban J connectivity index is 1.93. The summed E-state index contributed by atoms with van der Waals surface area (Å²) in [5.74, 6) is -0.475. The second-order valence-corrected chi connectivity index (χ2v) is 5.37. The first-order chi connectivity index (χ1) is 11.2. The van der Waals surface area contributed by atoms with Gasteiger partial charge < -0.3 is 9.64 Å². The second kappa shape index (κ2) is 7.20. The summed E-state index contributed by atoms with van der Waals surface area (Å²) in [5, 5.41) is 0. The molecule has 0 radical (unpaired) electrons. The van der Waals surface area contributed by atoms with E-state index in [2.05, 4.69) is 4.90 Å². The number of carbonyl (C=O) groups is 1. The lowest BCUT2D eigenvalue weighted by Crippen LogP contribution is -2.35. The normalized spacial score (nSPS) is 15.5. The number of ether oxygens (including phenoxy) is 1. The molecule has 0 amide bonds. The van der Waals surface area contributed by atoms with Crippen LogP contribution in [0, 0.1) is 5.82 Å². The minimum absolute atomic E-state index is 0.129. The molecule has 2 aromatic carbocycles. The molecule has 4 heteroatoms. The highest BCUT2D eigenvalue weighted by Gasteiger charge is 2.17. The largest absolute Gasteiger partial charge is 0.378 e. The van der Waals surface area contributed by atoms with Gasteiger partial charge in [-0.25, -0.2) is 4.39 Å². The van der Waals surface area contributed by atoms with Crippen molar-refractivity contribution in [3.8, 4) is 0 Å². The first-order valence-corrected chi connectivity index (χ1v) is 7.64. The smallest absolute Gasteiger partial charge is 0.187 e. The van der Waals surface area contributed by atoms with Crippen LogP contribution in [0.4, 0.5) is 4.39 Å². The average molecular weight is 311 g/mol. The molecular weight excluding hydrogens is 293 g/mol. The zero-order chi connectivity index (χ0) is 16.1. The topological polar surface area (TPSA) is 29.5 Å². The van der Waals surface area contributed by atoms with Gasteiger partial charge in [-0.3, -0.25) is 4.79 Å². The Morgan fingerprint density at radius 2 is 1.61 bits per heavy atom. The lowest BCUT2D eigenvalue weighted by molar-refractivity contribution is 0.0637.